The molecule has 1 heterocycles. The largest absolute Gasteiger partial charge is 0.250 e. The quantitative estimate of drug-likeness (QED) is 0.641. The van der Waals surface area contributed by atoms with Crippen LogP contribution >= 0.6 is 11.3 Å². The highest BCUT2D eigenvalue weighted by Crippen LogP contribution is 2.28. The van der Waals surface area contributed by atoms with Crippen molar-refractivity contribution >= 4 is 11.3 Å². The molecule has 0 radical (unpaired) electrons. The summed E-state index contributed by atoms with van der Waals surface area (Å²) in [5.41, 5.74) is 2.37. The third-order valence-corrected chi connectivity index (χ3v) is 2.84. The molecule has 0 bridgehead atoms. The van der Waals surface area contributed by atoms with Gasteiger partial charge in [-0.2, -0.15) is 5.26 Å². The summed E-state index contributed by atoms with van der Waals surface area (Å²) in [5.74, 6) is 0. The number of nitrogens with zero attached hydrogens (tertiary/aromatic N) is 2. The Morgan fingerprint density at radius 1 is 1.64 bits per heavy atom. The third kappa shape index (κ3) is 1.41. The van der Waals surface area contributed by atoms with Crippen molar-refractivity contribution < 1.29 is 0 Å². The Bertz CT molecular complexity index is 293. The van der Waals surface area contributed by atoms with E-state index in [1.54, 1.807) is 16.8 Å². The molecule has 0 aromatic carbocycles. The fraction of sp³-hybridized carbons (Fsp3) is 0.500. The molecule has 0 unspecified atom stereocenters. The van der Waals surface area contributed by atoms with Crippen LogP contribution in [-0.4, -0.2) is 4.98 Å². The van der Waals surface area contributed by atoms with Crippen LogP contribution in [0.2, 0.25) is 0 Å². The lowest BCUT2D eigenvalue weighted by Gasteiger charge is -2.12. The van der Waals surface area contributed by atoms with E-state index >= 15 is 0 Å². The van der Waals surface area contributed by atoms with Gasteiger partial charge in [0.15, 0.2) is 0 Å². The highest BCUT2D eigenvalue weighted by molar-refractivity contribution is 7.10. The summed E-state index contributed by atoms with van der Waals surface area (Å²) in [6.45, 7) is 5.76. The Balaban J connectivity index is 3.13. The SMILES string of the molecule is Cc1ncsc1C(C)(C)C#N. The van der Waals surface area contributed by atoms with Crippen molar-refractivity contribution in [1.29, 1.82) is 5.26 Å². The fourth-order valence-electron chi connectivity index (χ4n) is 0.952. The van der Waals surface area contributed by atoms with Crippen molar-refractivity contribution in [3.05, 3.63) is 16.1 Å². The fourth-order valence-corrected chi connectivity index (χ4v) is 1.83. The van der Waals surface area contributed by atoms with E-state index in [4.69, 9.17) is 5.26 Å². The van der Waals surface area contributed by atoms with Gasteiger partial charge in [0.25, 0.3) is 0 Å². The molecule has 58 valence electrons. The lowest BCUT2D eigenvalue weighted by molar-refractivity contribution is 0.695. The van der Waals surface area contributed by atoms with Crippen molar-refractivity contribution in [2.75, 3.05) is 0 Å². The first-order valence-electron chi connectivity index (χ1n) is 3.40. The Labute approximate surface area is 70.5 Å². The molecule has 3 heteroatoms. The number of nitriles is 1. The monoisotopic (exact) mass is 166 g/mol. The molecule has 1 rings (SSSR count). The Morgan fingerprint density at radius 3 is 2.64 bits per heavy atom. The summed E-state index contributed by atoms with van der Waals surface area (Å²) in [6.07, 6.45) is 0. The molecular formula is C8H10N2S. The smallest absolute Gasteiger partial charge is 0.0877 e. The highest BCUT2D eigenvalue weighted by atomic mass is 32.1. The van der Waals surface area contributed by atoms with Gasteiger partial charge in [-0.05, 0) is 20.8 Å². The molecule has 0 spiro atoms. The summed E-state index contributed by atoms with van der Waals surface area (Å²) < 4.78 is 0. The molecule has 0 aliphatic heterocycles. The first-order chi connectivity index (χ1) is 5.08. The first-order valence-corrected chi connectivity index (χ1v) is 4.27. The van der Waals surface area contributed by atoms with Crippen LogP contribution in [0.4, 0.5) is 0 Å². The van der Waals surface area contributed by atoms with Crippen molar-refractivity contribution in [2.45, 2.75) is 26.2 Å². The molecule has 0 saturated carbocycles. The summed E-state index contributed by atoms with van der Waals surface area (Å²) >= 11 is 1.55. The van der Waals surface area contributed by atoms with Crippen LogP contribution in [0.25, 0.3) is 0 Å². The number of rotatable bonds is 1. The predicted octanol–water partition coefficient (Wildman–Crippen LogP) is 2.25. The zero-order valence-corrected chi connectivity index (χ0v) is 7.70. The van der Waals surface area contributed by atoms with Gasteiger partial charge in [-0.1, -0.05) is 0 Å². The molecule has 0 N–H and O–H groups in total. The van der Waals surface area contributed by atoms with E-state index in [0.29, 0.717) is 0 Å². The number of thiazole rings is 1. The van der Waals surface area contributed by atoms with Crippen molar-refractivity contribution in [1.82, 2.24) is 4.98 Å². The number of aromatic nitrogens is 1. The second-order valence-corrected chi connectivity index (χ2v) is 3.86. The summed E-state index contributed by atoms with van der Waals surface area (Å²) in [6, 6.07) is 2.25. The summed E-state index contributed by atoms with van der Waals surface area (Å²) in [7, 11) is 0. The lowest BCUT2D eigenvalue weighted by Crippen LogP contribution is -2.13. The van der Waals surface area contributed by atoms with Gasteiger partial charge in [0.1, 0.15) is 0 Å². The van der Waals surface area contributed by atoms with Gasteiger partial charge in [-0.3, -0.25) is 0 Å². The van der Waals surface area contributed by atoms with Crippen LogP contribution in [-0.2, 0) is 5.41 Å². The molecule has 0 amide bonds. The summed E-state index contributed by atoms with van der Waals surface area (Å²) in [5, 5.41) is 8.82. The zero-order valence-electron chi connectivity index (χ0n) is 6.88. The van der Waals surface area contributed by atoms with Gasteiger partial charge in [-0.25, -0.2) is 4.98 Å². The van der Waals surface area contributed by atoms with Crippen LogP contribution < -0.4 is 0 Å². The van der Waals surface area contributed by atoms with Crippen LogP contribution in [0.15, 0.2) is 5.51 Å². The van der Waals surface area contributed by atoms with Crippen LogP contribution in [0.1, 0.15) is 24.4 Å². The van der Waals surface area contributed by atoms with Gasteiger partial charge in [-0.15, -0.1) is 11.3 Å². The molecule has 0 aliphatic carbocycles. The second kappa shape index (κ2) is 2.63. The topological polar surface area (TPSA) is 36.7 Å². The molecule has 1 aromatic heterocycles. The molecular weight excluding hydrogens is 156 g/mol. The van der Waals surface area contributed by atoms with Gasteiger partial charge >= 0.3 is 0 Å². The summed E-state index contributed by atoms with van der Waals surface area (Å²) in [4.78, 5) is 5.17. The molecule has 0 aliphatic rings. The van der Waals surface area contributed by atoms with E-state index in [-0.39, 0.29) is 5.41 Å². The van der Waals surface area contributed by atoms with E-state index in [1.165, 1.54) is 0 Å². The average molecular weight is 166 g/mol. The van der Waals surface area contributed by atoms with Gasteiger partial charge in [0.05, 0.1) is 22.7 Å². The van der Waals surface area contributed by atoms with Crippen LogP contribution in [0, 0.1) is 18.3 Å². The number of aryl methyl sites for hydroxylation is 1. The zero-order chi connectivity index (χ0) is 8.48. The minimum atomic E-state index is -0.384. The molecule has 0 saturated heterocycles. The predicted molar refractivity (Wildman–Crippen MR) is 45.5 cm³/mol. The van der Waals surface area contributed by atoms with Crippen molar-refractivity contribution in [3.63, 3.8) is 0 Å². The maximum Gasteiger partial charge on any atom is 0.0877 e. The number of hydrogen-bond acceptors (Lipinski definition) is 3. The third-order valence-electron chi connectivity index (χ3n) is 1.59. The molecule has 0 fully saturated rings. The number of hydrogen-bond donors (Lipinski definition) is 0. The van der Waals surface area contributed by atoms with Crippen LogP contribution in [0.5, 0.6) is 0 Å². The maximum atomic E-state index is 8.82. The molecule has 2 nitrogen and oxygen atoms in total. The highest BCUT2D eigenvalue weighted by Gasteiger charge is 2.23. The Hall–Kier alpha value is -0.880. The van der Waals surface area contributed by atoms with Gasteiger partial charge in [0, 0.05) is 4.88 Å². The van der Waals surface area contributed by atoms with E-state index < -0.39 is 0 Å². The Morgan fingerprint density at radius 2 is 2.27 bits per heavy atom. The normalized spacial score (nSPS) is 11.1. The van der Waals surface area contributed by atoms with E-state index in [2.05, 4.69) is 11.1 Å². The maximum absolute atomic E-state index is 8.82. The first kappa shape index (κ1) is 8.22. The van der Waals surface area contributed by atoms with Crippen molar-refractivity contribution in [2.24, 2.45) is 0 Å². The minimum Gasteiger partial charge on any atom is -0.250 e. The van der Waals surface area contributed by atoms with E-state index in [9.17, 15) is 0 Å². The Kier molecular flexibility index (Phi) is 1.97. The molecule has 1 aromatic rings. The molecule has 11 heavy (non-hydrogen) atoms. The standard InChI is InChI=1S/C8H10N2S/c1-6-7(11-5-10-6)8(2,3)4-9/h5H,1-3H3. The minimum absolute atomic E-state index is 0.384. The van der Waals surface area contributed by atoms with E-state index in [1.807, 2.05) is 20.8 Å². The second-order valence-electron chi connectivity index (χ2n) is 3.00. The lowest BCUT2D eigenvalue weighted by atomic mass is 9.93. The average Bonchev–Trinajstić information content (AvgIpc) is 2.36. The van der Waals surface area contributed by atoms with E-state index in [0.717, 1.165) is 10.6 Å². The van der Waals surface area contributed by atoms with Crippen molar-refractivity contribution in [3.8, 4) is 6.07 Å². The van der Waals surface area contributed by atoms with Crippen LogP contribution in [0.3, 0.4) is 0 Å². The van der Waals surface area contributed by atoms with Gasteiger partial charge in [0.2, 0.25) is 0 Å². The van der Waals surface area contributed by atoms with Gasteiger partial charge < -0.3 is 0 Å². The molecule has 0 atom stereocenters.